The number of amides is 1. The molecule has 0 bridgehead atoms. The molecule has 0 aliphatic carbocycles. The van der Waals surface area contributed by atoms with Crippen molar-refractivity contribution in [3.05, 3.63) is 0 Å². The summed E-state index contributed by atoms with van der Waals surface area (Å²) < 4.78 is 4.91. The van der Waals surface area contributed by atoms with Crippen molar-refractivity contribution < 1.29 is 19.4 Å². The van der Waals surface area contributed by atoms with E-state index in [9.17, 15) is 14.7 Å². The molecule has 1 atom stereocenters. The van der Waals surface area contributed by atoms with Crippen LogP contribution in [0.5, 0.6) is 0 Å². The van der Waals surface area contributed by atoms with Crippen molar-refractivity contribution in [3.63, 3.8) is 0 Å². The average Bonchev–Trinajstić information content (AvgIpc) is 2.25. The van der Waals surface area contributed by atoms with Crippen molar-refractivity contribution in [1.29, 1.82) is 0 Å². The Morgan fingerprint density at radius 3 is 2.88 bits per heavy atom. The largest absolute Gasteiger partial charge is 0.480 e. The summed E-state index contributed by atoms with van der Waals surface area (Å²) >= 11 is 0. The highest BCUT2D eigenvalue weighted by molar-refractivity contribution is 5.82. The number of nitrogens with zero attached hydrogens (tertiary/aromatic N) is 1. The number of piperazine rings is 1. The van der Waals surface area contributed by atoms with E-state index in [-0.39, 0.29) is 12.5 Å². The van der Waals surface area contributed by atoms with Gasteiger partial charge < -0.3 is 15.2 Å². The van der Waals surface area contributed by atoms with E-state index >= 15 is 0 Å². The van der Waals surface area contributed by atoms with Crippen LogP contribution in [0.4, 0.5) is 0 Å². The summed E-state index contributed by atoms with van der Waals surface area (Å²) in [5.74, 6) is -1.05. The number of carboxylic acids is 1. The Morgan fingerprint density at radius 2 is 2.38 bits per heavy atom. The van der Waals surface area contributed by atoms with Gasteiger partial charge >= 0.3 is 5.97 Å². The number of carbonyl (C=O) groups excluding carboxylic acids is 1. The molecule has 1 saturated heterocycles. The summed E-state index contributed by atoms with van der Waals surface area (Å²) in [6.45, 7) is 3.17. The van der Waals surface area contributed by atoms with Crippen molar-refractivity contribution in [2.24, 2.45) is 0 Å². The van der Waals surface area contributed by atoms with E-state index < -0.39 is 11.5 Å². The SMILES string of the molecule is COCCC(C)(C(=O)O)N1CCNC(=O)C1. The Labute approximate surface area is 94.6 Å². The number of aliphatic carboxylic acids is 1. The third-order valence-electron chi connectivity index (χ3n) is 2.99. The van der Waals surface area contributed by atoms with Crippen LogP contribution in [0, 0.1) is 0 Å². The van der Waals surface area contributed by atoms with Gasteiger partial charge in [0.15, 0.2) is 0 Å². The van der Waals surface area contributed by atoms with Crippen LogP contribution < -0.4 is 5.32 Å². The van der Waals surface area contributed by atoms with Gasteiger partial charge in [-0.15, -0.1) is 0 Å². The fourth-order valence-electron chi connectivity index (χ4n) is 1.76. The Balaban J connectivity index is 2.74. The molecule has 92 valence electrons. The molecule has 6 heteroatoms. The van der Waals surface area contributed by atoms with Crippen LogP contribution in [0.25, 0.3) is 0 Å². The molecule has 1 rings (SSSR count). The number of ether oxygens (including phenoxy) is 1. The molecule has 0 radical (unpaired) electrons. The summed E-state index contributed by atoms with van der Waals surface area (Å²) in [5.41, 5.74) is -1.03. The summed E-state index contributed by atoms with van der Waals surface area (Å²) in [6, 6.07) is 0. The molecule has 1 heterocycles. The minimum Gasteiger partial charge on any atom is -0.480 e. The molecule has 0 aromatic heterocycles. The highest BCUT2D eigenvalue weighted by Gasteiger charge is 2.41. The van der Waals surface area contributed by atoms with E-state index in [1.54, 1.807) is 11.8 Å². The van der Waals surface area contributed by atoms with Gasteiger partial charge in [0.05, 0.1) is 6.54 Å². The topological polar surface area (TPSA) is 78.9 Å². The lowest BCUT2D eigenvalue weighted by Gasteiger charge is -2.39. The first-order chi connectivity index (χ1) is 7.50. The smallest absolute Gasteiger partial charge is 0.323 e. The monoisotopic (exact) mass is 230 g/mol. The zero-order valence-electron chi connectivity index (χ0n) is 9.65. The molecule has 16 heavy (non-hydrogen) atoms. The second-order valence-electron chi connectivity index (χ2n) is 4.09. The molecule has 0 saturated carbocycles. The minimum atomic E-state index is -1.03. The van der Waals surface area contributed by atoms with Gasteiger partial charge in [-0.05, 0) is 13.3 Å². The number of methoxy groups -OCH3 is 1. The van der Waals surface area contributed by atoms with Gasteiger partial charge in [-0.25, -0.2) is 0 Å². The first-order valence-corrected chi connectivity index (χ1v) is 5.25. The lowest BCUT2D eigenvalue weighted by Crippen LogP contribution is -2.60. The molecule has 1 aliphatic heterocycles. The van der Waals surface area contributed by atoms with Crippen LogP contribution in [-0.2, 0) is 14.3 Å². The molecule has 0 aromatic carbocycles. The standard InChI is InChI=1S/C10H18N2O4/c1-10(9(14)15,3-6-16-2)12-5-4-11-8(13)7-12/h3-7H2,1-2H3,(H,11,13)(H,14,15). The zero-order chi connectivity index (χ0) is 12.2. The van der Waals surface area contributed by atoms with Crippen LogP contribution in [0.1, 0.15) is 13.3 Å². The second-order valence-corrected chi connectivity index (χ2v) is 4.09. The Morgan fingerprint density at radius 1 is 1.69 bits per heavy atom. The Kier molecular flexibility index (Phi) is 4.26. The van der Waals surface area contributed by atoms with Crippen LogP contribution in [0.15, 0.2) is 0 Å². The zero-order valence-corrected chi connectivity index (χ0v) is 9.65. The number of rotatable bonds is 5. The molecular weight excluding hydrogens is 212 g/mol. The van der Waals surface area contributed by atoms with Crippen LogP contribution in [0.3, 0.4) is 0 Å². The number of hydrogen-bond donors (Lipinski definition) is 2. The molecule has 1 aliphatic rings. The molecule has 1 unspecified atom stereocenters. The van der Waals surface area contributed by atoms with Crippen molar-refractivity contribution in [3.8, 4) is 0 Å². The van der Waals surface area contributed by atoms with Gasteiger partial charge in [0.25, 0.3) is 0 Å². The maximum absolute atomic E-state index is 11.3. The van der Waals surface area contributed by atoms with E-state index in [0.717, 1.165) is 0 Å². The first-order valence-electron chi connectivity index (χ1n) is 5.25. The molecule has 0 aromatic rings. The molecule has 2 N–H and O–H groups in total. The first kappa shape index (κ1) is 12.9. The summed E-state index contributed by atoms with van der Waals surface area (Å²) in [4.78, 5) is 24.2. The normalized spacial score (nSPS) is 21.2. The maximum Gasteiger partial charge on any atom is 0.323 e. The van der Waals surface area contributed by atoms with E-state index in [1.165, 1.54) is 7.11 Å². The molecular formula is C10H18N2O4. The highest BCUT2D eigenvalue weighted by Crippen LogP contribution is 2.20. The minimum absolute atomic E-state index is 0.129. The lowest BCUT2D eigenvalue weighted by molar-refractivity contribution is -0.153. The predicted octanol–water partition coefficient (Wildman–Crippen LogP) is -0.702. The Bertz CT molecular complexity index is 282. The van der Waals surface area contributed by atoms with Gasteiger partial charge in [-0.2, -0.15) is 0 Å². The van der Waals surface area contributed by atoms with E-state index in [1.807, 2.05) is 0 Å². The third kappa shape index (κ3) is 2.70. The third-order valence-corrected chi connectivity index (χ3v) is 2.99. The summed E-state index contributed by atoms with van der Waals surface area (Å²) in [7, 11) is 1.53. The van der Waals surface area contributed by atoms with Gasteiger partial charge in [0.1, 0.15) is 5.54 Å². The fourth-order valence-corrected chi connectivity index (χ4v) is 1.76. The summed E-state index contributed by atoms with van der Waals surface area (Å²) in [5, 5.41) is 11.9. The Hall–Kier alpha value is -1.14. The van der Waals surface area contributed by atoms with E-state index in [0.29, 0.717) is 26.1 Å². The lowest BCUT2D eigenvalue weighted by atomic mass is 9.95. The van der Waals surface area contributed by atoms with Gasteiger partial charge in [-0.3, -0.25) is 14.5 Å². The fraction of sp³-hybridized carbons (Fsp3) is 0.800. The van der Waals surface area contributed by atoms with Crippen LogP contribution in [-0.4, -0.2) is 60.8 Å². The summed E-state index contributed by atoms with van der Waals surface area (Å²) in [6.07, 6.45) is 0.367. The van der Waals surface area contributed by atoms with E-state index in [4.69, 9.17) is 4.74 Å². The van der Waals surface area contributed by atoms with Gasteiger partial charge in [-0.1, -0.05) is 0 Å². The van der Waals surface area contributed by atoms with Crippen molar-refractivity contribution in [2.45, 2.75) is 18.9 Å². The van der Waals surface area contributed by atoms with Gasteiger partial charge in [0.2, 0.25) is 5.91 Å². The molecule has 1 amide bonds. The molecule has 6 nitrogen and oxygen atoms in total. The number of carboxylic acid groups (broad SMARTS) is 1. The van der Waals surface area contributed by atoms with Crippen molar-refractivity contribution in [1.82, 2.24) is 10.2 Å². The van der Waals surface area contributed by atoms with Crippen molar-refractivity contribution in [2.75, 3.05) is 33.4 Å². The maximum atomic E-state index is 11.3. The molecule has 0 spiro atoms. The van der Waals surface area contributed by atoms with Crippen molar-refractivity contribution >= 4 is 11.9 Å². The number of nitrogens with one attached hydrogen (secondary N) is 1. The van der Waals surface area contributed by atoms with Gasteiger partial charge in [0, 0.05) is 26.8 Å². The van der Waals surface area contributed by atoms with E-state index in [2.05, 4.69) is 5.32 Å². The predicted molar refractivity (Wildman–Crippen MR) is 57.1 cm³/mol. The van der Waals surface area contributed by atoms with Crippen LogP contribution in [0.2, 0.25) is 0 Å². The number of carbonyl (C=O) groups is 2. The highest BCUT2D eigenvalue weighted by atomic mass is 16.5. The molecule has 1 fully saturated rings. The number of hydrogen-bond acceptors (Lipinski definition) is 4. The average molecular weight is 230 g/mol. The second kappa shape index (κ2) is 5.27. The van der Waals surface area contributed by atoms with Crippen LogP contribution >= 0.6 is 0 Å². The quantitative estimate of drug-likeness (QED) is 0.653.